The quantitative estimate of drug-likeness (QED) is 0.285. The molecule has 2 aromatic heterocycles. The van der Waals surface area contributed by atoms with Crippen molar-refractivity contribution in [1.29, 1.82) is 0 Å². The van der Waals surface area contributed by atoms with E-state index in [2.05, 4.69) is 4.98 Å². The van der Waals surface area contributed by atoms with E-state index in [4.69, 9.17) is 19.3 Å². The highest BCUT2D eigenvalue weighted by Crippen LogP contribution is 2.31. The van der Waals surface area contributed by atoms with Crippen molar-refractivity contribution < 1.29 is 38.5 Å². The van der Waals surface area contributed by atoms with Gasteiger partial charge in [-0.05, 0) is 31.2 Å². The average molecular weight is 537 g/mol. The van der Waals surface area contributed by atoms with Crippen LogP contribution < -0.4 is 11.2 Å². The van der Waals surface area contributed by atoms with Gasteiger partial charge in [0.15, 0.2) is 0 Å². The molecule has 1 fully saturated rings. The van der Waals surface area contributed by atoms with Crippen molar-refractivity contribution in [2.45, 2.75) is 70.3 Å². The highest BCUT2D eigenvalue weighted by atomic mass is 32.1. The third-order valence-electron chi connectivity index (χ3n) is 5.64. The van der Waals surface area contributed by atoms with Gasteiger partial charge in [-0.2, -0.15) is 0 Å². The van der Waals surface area contributed by atoms with Gasteiger partial charge in [-0.15, -0.1) is 11.3 Å². The fraction of sp³-hybridized carbons (Fsp3) is 0.500. The number of hydrogen-bond acceptors (Lipinski definition) is 10. The largest absolute Gasteiger partial charge is 0.481 e. The highest BCUT2D eigenvalue weighted by molar-refractivity contribution is 7.13. The number of ether oxygens (including phenoxy) is 3. The number of nitrogens with one attached hydrogen (secondary N) is 1. The Balaban J connectivity index is 1.72. The monoisotopic (exact) mass is 536 g/mol. The molecule has 12 nitrogen and oxygen atoms in total. The lowest BCUT2D eigenvalue weighted by Crippen LogP contribution is -2.33. The maximum atomic E-state index is 12.6. The molecule has 2 aromatic rings. The topological polar surface area (TPSA) is 171 Å². The van der Waals surface area contributed by atoms with Crippen molar-refractivity contribution in [2.75, 3.05) is 6.61 Å². The summed E-state index contributed by atoms with van der Waals surface area (Å²) in [4.78, 5) is 74.0. The predicted octanol–water partition coefficient (Wildman–Crippen LogP) is 2.02. The number of ketones is 1. The van der Waals surface area contributed by atoms with Crippen molar-refractivity contribution in [3.63, 3.8) is 0 Å². The third kappa shape index (κ3) is 8.22. The van der Waals surface area contributed by atoms with Crippen LogP contribution in [0.3, 0.4) is 0 Å². The summed E-state index contributed by atoms with van der Waals surface area (Å²) >= 11 is 1.32. The minimum Gasteiger partial charge on any atom is -0.481 e. The van der Waals surface area contributed by atoms with E-state index in [1.165, 1.54) is 29.0 Å². The minimum atomic E-state index is -0.951. The first-order valence-corrected chi connectivity index (χ1v) is 12.6. The summed E-state index contributed by atoms with van der Waals surface area (Å²) in [7, 11) is 0. The Morgan fingerprint density at radius 3 is 2.57 bits per heavy atom. The number of rotatable bonds is 13. The second kappa shape index (κ2) is 13.1. The van der Waals surface area contributed by atoms with E-state index in [1.54, 1.807) is 17.5 Å². The first-order chi connectivity index (χ1) is 17.6. The number of esters is 2. The molecule has 0 amide bonds. The lowest BCUT2D eigenvalue weighted by Gasteiger charge is -2.19. The number of aliphatic carboxylic acids is 1. The molecule has 0 radical (unpaired) electrons. The number of unbranched alkanes of at least 4 members (excludes halogenated alkanes) is 1. The van der Waals surface area contributed by atoms with E-state index in [9.17, 15) is 28.8 Å². The molecule has 1 aliphatic heterocycles. The molecular weight excluding hydrogens is 508 g/mol. The van der Waals surface area contributed by atoms with Gasteiger partial charge in [0.2, 0.25) is 0 Å². The zero-order chi connectivity index (χ0) is 26.9. The molecule has 0 aliphatic carbocycles. The van der Waals surface area contributed by atoms with Crippen LogP contribution in [0.4, 0.5) is 0 Å². The van der Waals surface area contributed by atoms with Crippen molar-refractivity contribution in [3.05, 3.63) is 44.5 Å². The number of hydrogen-bond donors (Lipinski definition) is 2. The van der Waals surface area contributed by atoms with Crippen LogP contribution in [0.1, 0.15) is 58.1 Å². The number of nitrogens with zero attached hydrogens (tertiary/aromatic N) is 1. The molecule has 0 bridgehead atoms. The van der Waals surface area contributed by atoms with Crippen LogP contribution in [0.15, 0.2) is 33.3 Å². The van der Waals surface area contributed by atoms with Gasteiger partial charge in [0.05, 0.1) is 12.0 Å². The van der Waals surface area contributed by atoms with Crippen LogP contribution in [0.25, 0.3) is 10.4 Å². The van der Waals surface area contributed by atoms with Crippen LogP contribution in [0, 0.1) is 0 Å². The number of aromatic nitrogens is 2. The molecule has 3 rings (SSSR count). The number of carbonyl (C=O) groups is 4. The summed E-state index contributed by atoms with van der Waals surface area (Å²) in [6.45, 7) is 1.09. The van der Waals surface area contributed by atoms with E-state index in [0.717, 1.165) is 0 Å². The van der Waals surface area contributed by atoms with Crippen LogP contribution in [0.5, 0.6) is 0 Å². The van der Waals surface area contributed by atoms with Crippen LogP contribution in [-0.2, 0) is 33.4 Å². The van der Waals surface area contributed by atoms with Crippen molar-refractivity contribution >= 4 is 35.0 Å². The Labute approximate surface area is 215 Å². The summed E-state index contributed by atoms with van der Waals surface area (Å²) in [6, 6.07) is 3.50. The lowest BCUT2D eigenvalue weighted by atomic mass is 10.1. The lowest BCUT2D eigenvalue weighted by molar-refractivity contribution is -0.159. The number of carboxylic acid groups (broad SMARTS) is 1. The van der Waals surface area contributed by atoms with E-state index >= 15 is 0 Å². The van der Waals surface area contributed by atoms with Gasteiger partial charge >= 0.3 is 23.6 Å². The minimum absolute atomic E-state index is 0.00931. The molecule has 37 heavy (non-hydrogen) atoms. The maximum Gasteiger partial charge on any atom is 0.330 e. The smallest absolute Gasteiger partial charge is 0.330 e. The van der Waals surface area contributed by atoms with Crippen molar-refractivity contribution in [1.82, 2.24) is 9.55 Å². The normalized spacial score (nSPS) is 18.9. The zero-order valence-electron chi connectivity index (χ0n) is 20.2. The van der Waals surface area contributed by atoms with Gasteiger partial charge in [-0.3, -0.25) is 28.7 Å². The Hall–Kier alpha value is -3.58. The SMILES string of the molecule is CC(=O)CCC(=O)O[C@H]1C[C@H](n2cc(-c3cccs3)c(=O)[nH]c2=O)O[C@@H]1COC(=O)CCCCC(=O)O. The first kappa shape index (κ1) is 28.0. The Bertz CT molecular complexity index is 1230. The molecule has 1 aliphatic rings. The maximum absolute atomic E-state index is 12.6. The summed E-state index contributed by atoms with van der Waals surface area (Å²) < 4.78 is 17.9. The summed E-state index contributed by atoms with van der Waals surface area (Å²) in [5.74, 6) is -2.33. The molecule has 0 unspecified atom stereocenters. The number of thiophene rings is 1. The molecule has 0 aromatic carbocycles. The van der Waals surface area contributed by atoms with E-state index in [-0.39, 0.29) is 50.1 Å². The standard InChI is InChI=1S/C24H28N2O10S/c1-14(27)8-9-22(31)36-16-11-19(35-17(16)13-34-21(30)7-3-2-6-20(28)29)26-12-15(18-5-4-10-37-18)23(32)25-24(26)33/h4-5,10,12,16-17,19H,2-3,6-9,11,13H2,1H3,(H,28,29)(H,25,32,33)/t16-,17+,19+/m0/s1. The zero-order valence-corrected chi connectivity index (χ0v) is 21.0. The van der Waals surface area contributed by atoms with Gasteiger partial charge in [-0.25, -0.2) is 4.79 Å². The fourth-order valence-electron chi connectivity index (χ4n) is 3.75. The number of aromatic amines is 1. The number of carboxylic acids is 1. The van der Waals surface area contributed by atoms with E-state index < -0.39 is 47.6 Å². The molecule has 3 heterocycles. The molecule has 0 spiro atoms. The fourth-order valence-corrected chi connectivity index (χ4v) is 4.48. The number of carbonyl (C=O) groups excluding carboxylic acids is 3. The molecule has 1 saturated heterocycles. The Morgan fingerprint density at radius 1 is 1.14 bits per heavy atom. The average Bonchev–Trinajstić information content (AvgIpc) is 3.49. The molecule has 2 N–H and O–H groups in total. The van der Waals surface area contributed by atoms with Gasteiger partial charge < -0.3 is 24.1 Å². The Kier molecular flexibility index (Phi) is 9.92. The molecule has 200 valence electrons. The molecule has 13 heteroatoms. The second-order valence-electron chi connectivity index (χ2n) is 8.57. The summed E-state index contributed by atoms with van der Waals surface area (Å²) in [5.41, 5.74) is -1.00. The van der Waals surface area contributed by atoms with Crippen LogP contribution in [-0.4, -0.2) is 57.2 Å². The molecular formula is C24H28N2O10S. The number of Topliss-reactive ketones (excluding diaryl/α,β-unsaturated/α-hetero) is 1. The van der Waals surface area contributed by atoms with Gasteiger partial charge in [0.25, 0.3) is 5.56 Å². The Morgan fingerprint density at radius 2 is 1.89 bits per heavy atom. The van der Waals surface area contributed by atoms with Crippen LogP contribution in [0.2, 0.25) is 0 Å². The van der Waals surface area contributed by atoms with Crippen molar-refractivity contribution in [3.8, 4) is 10.4 Å². The van der Waals surface area contributed by atoms with E-state index in [1.807, 2.05) is 0 Å². The van der Waals surface area contributed by atoms with E-state index in [0.29, 0.717) is 17.7 Å². The first-order valence-electron chi connectivity index (χ1n) is 11.7. The van der Waals surface area contributed by atoms with Crippen LogP contribution >= 0.6 is 11.3 Å². The molecule has 0 saturated carbocycles. The molecule has 3 atom stereocenters. The van der Waals surface area contributed by atoms with Gasteiger partial charge in [-0.1, -0.05) is 6.07 Å². The highest BCUT2D eigenvalue weighted by Gasteiger charge is 2.40. The summed E-state index contributed by atoms with van der Waals surface area (Å²) in [6.07, 6.45) is -0.795. The number of H-pyrrole nitrogens is 1. The predicted molar refractivity (Wildman–Crippen MR) is 130 cm³/mol. The second-order valence-corrected chi connectivity index (χ2v) is 9.51. The van der Waals surface area contributed by atoms with Crippen molar-refractivity contribution in [2.24, 2.45) is 0 Å². The van der Waals surface area contributed by atoms with Gasteiger partial charge in [0.1, 0.15) is 30.8 Å². The third-order valence-corrected chi connectivity index (χ3v) is 6.54. The van der Waals surface area contributed by atoms with Gasteiger partial charge in [0, 0.05) is 36.8 Å². The summed E-state index contributed by atoms with van der Waals surface area (Å²) in [5, 5.41) is 10.5.